The zero-order valence-electron chi connectivity index (χ0n) is 22.0. The minimum atomic E-state index is -4.44. The summed E-state index contributed by atoms with van der Waals surface area (Å²) in [4.78, 5) is 12.5. The molecule has 0 aliphatic carbocycles. The SMILES string of the molecule is O=C(Cc1cn[nH]c1)c1cc(Cl)cc(S(=O)(=O)N(Cc2ccc(F)cc2)Cc2cccc(-c3ccc(Cl)cc3)c2)c1O. The highest BCUT2D eigenvalue weighted by atomic mass is 35.5. The average Bonchev–Trinajstić information content (AvgIpc) is 3.48. The van der Waals surface area contributed by atoms with Crippen LogP contribution >= 0.6 is 23.2 Å². The van der Waals surface area contributed by atoms with Crippen LogP contribution in [0.1, 0.15) is 27.0 Å². The first-order valence-electron chi connectivity index (χ1n) is 12.7. The summed E-state index contributed by atoms with van der Waals surface area (Å²) < 4.78 is 43.1. The molecular weight excluding hydrogens is 600 g/mol. The van der Waals surface area contributed by atoms with Gasteiger partial charge >= 0.3 is 0 Å². The lowest BCUT2D eigenvalue weighted by atomic mass is 10.0. The number of phenols is 1. The fourth-order valence-corrected chi connectivity index (χ4v) is 6.45. The quantitative estimate of drug-likeness (QED) is 0.162. The Morgan fingerprint density at radius 1 is 0.857 bits per heavy atom. The summed E-state index contributed by atoms with van der Waals surface area (Å²) in [6.45, 7) is -0.233. The molecule has 0 aliphatic rings. The fraction of sp³-hybridized carbons (Fsp3) is 0.0968. The zero-order valence-corrected chi connectivity index (χ0v) is 24.3. The number of ketones is 1. The van der Waals surface area contributed by atoms with Crippen molar-refractivity contribution in [1.29, 1.82) is 0 Å². The second-order valence-electron chi connectivity index (χ2n) is 9.61. The first-order valence-corrected chi connectivity index (χ1v) is 14.9. The van der Waals surface area contributed by atoms with Crippen LogP contribution in [-0.2, 0) is 29.5 Å². The highest BCUT2D eigenvalue weighted by Crippen LogP contribution is 2.35. The monoisotopic (exact) mass is 623 g/mol. The van der Waals surface area contributed by atoms with Gasteiger partial charge in [-0.1, -0.05) is 65.7 Å². The maximum absolute atomic E-state index is 14.2. The smallest absolute Gasteiger partial charge is 0.247 e. The first kappa shape index (κ1) is 29.5. The fourth-order valence-electron chi connectivity index (χ4n) is 4.49. The maximum Gasteiger partial charge on any atom is 0.247 e. The summed E-state index contributed by atoms with van der Waals surface area (Å²) in [5.74, 6) is -1.70. The molecule has 0 unspecified atom stereocenters. The number of rotatable bonds is 10. The molecule has 0 saturated heterocycles. The topological polar surface area (TPSA) is 103 Å². The van der Waals surface area contributed by atoms with Crippen molar-refractivity contribution in [3.63, 3.8) is 0 Å². The lowest BCUT2D eigenvalue weighted by molar-refractivity contribution is 0.0990. The predicted molar refractivity (Wildman–Crippen MR) is 159 cm³/mol. The van der Waals surface area contributed by atoms with Crippen molar-refractivity contribution in [3.05, 3.63) is 135 Å². The van der Waals surface area contributed by atoms with Gasteiger partial charge in [0.2, 0.25) is 10.0 Å². The molecular formula is C31H24Cl2FN3O4S. The van der Waals surface area contributed by atoms with Crippen LogP contribution in [0.15, 0.2) is 102 Å². The van der Waals surface area contributed by atoms with E-state index in [4.69, 9.17) is 23.2 Å². The number of sulfonamides is 1. The van der Waals surface area contributed by atoms with Gasteiger partial charge in [-0.2, -0.15) is 9.40 Å². The number of nitrogens with one attached hydrogen (secondary N) is 1. The summed E-state index contributed by atoms with van der Waals surface area (Å²) in [5, 5.41) is 18.1. The zero-order chi connectivity index (χ0) is 29.9. The Kier molecular flexibility index (Phi) is 8.74. The van der Waals surface area contributed by atoms with Gasteiger partial charge in [-0.3, -0.25) is 9.89 Å². The van der Waals surface area contributed by atoms with Gasteiger partial charge in [0, 0.05) is 35.8 Å². The Balaban J connectivity index is 1.54. The number of H-pyrrole nitrogens is 1. The summed E-state index contributed by atoms with van der Waals surface area (Å²) in [5.41, 5.74) is 3.25. The molecule has 0 radical (unpaired) electrons. The van der Waals surface area contributed by atoms with Crippen LogP contribution in [0.3, 0.4) is 0 Å². The number of hydrogen-bond acceptors (Lipinski definition) is 5. The number of phenolic OH excluding ortho intramolecular Hbond substituents is 1. The molecule has 0 spiro atoms. The number of carbonyl (C=O) groups excluding carboxylic acids is 1. The maximum atomic E-state index is 14.2. The molecule has 0 fully saturated rings. The number of hydrogen-bond donors (Lipinski definition) is 2. The van der Waals surface area contributed by atoms with E-state index in [0.717, 1.165) is 21.5 Å². The molecule has 1 heterocycles. The van der Waals surface area contributed by atoms with Crippen LogP contribution in [0, 0.1) is 5.82 Å². The molecule has 214 valence electrons. The molecule has 5 aromatic rings. The van der Waals surface area contributed by atoms with Crippen molar-refractivity contribution in [2.75, 3.05) is 0 Å². The van der Waals surface area contributed by atoms with Crippen molar-refractivity contribution in [3.8, 4) is 16.9 Å². The Hall–Kier alpha value is -4.02. The third-order valence-electron chi connectivity index (χ3n) is 6.61. The Bertz CT molecular complexity index is 1830. The molecule has 5 rings (SSSR count). The minimum absolute atomic E-state index is 0.0339. The van der Waals surface area contributed by atoms with Gasteiger partial charge in [0.05, 0.1) is 11.8 Å². The van der Waals surface area contributed by atoms with Gasteiger partial charge in [0.25, 0.3) is 0 Å². The number of Topliss-reactive ketones (excluding diaryl/α,β-unsaturated/α-hetero) is 1. The predicted octanol–water partition coefficient (Wildman–Crippen LogP) is 7.04. The second kappa shape index (κ2) is 12.5. The van der Waals surface area contributed by atoms with Crippen LogP contribution < -0.4 is 0 Å². The number of carbonyl (C=O) groups is 1. The molecule has 1 aromatic heterocycles. The number of benzene rings is 4. The Morgan fingerprint density at radius 2 is 1.57 bits per heavy atom. The van der Waals surface area contributed by atoms with Crippen LogP contribution in [0.4, 0.5) is 4.39 Å². The number of aromatic hydroxyl groups is 1. The lowest BCUT2D eigenvalue weighted by Gasteiger charge is -2.24. The van der Waals surface area contributed by atoms with E-state index in [1.54, 1.807) is 18.2 Å². The van der Waals surface area contributed by atoms with Crippen molar-refractivity contribution in [1.82, 2.24) is 14.5 Å². The summed E-state index contributed by atoms with van der Waals surface area (Å²) >= 11 is 12.3. The van der Waals surface area contributed by atoms with E-state index in [9.17, 15) is 22.7 Å². The molecule has 2 N–H and O–H groups in total. The molecule has 11 heteroatoms. The van der Waals surface area contributed by atoms with Gasteiger partial charge < -0.3 is 5.11 Å². The van der Waals surface area contributed by atoms with Crippen molar-refractivity contribution in [2.24, 2.45) is 0 Å². The average molecular weight is 625 g/mol. The molecule has 0 bridgehead atoms. The standard InChI is InChI=1S/C31H24Cl2FN3O4S/c32-25-8-6-23(7-9-25)24-3-1-2-21(12-24)19-37(18-20-4-10-27(34)11-5-20)42(40,41)30-15-26(33)14-28(31(30)39)29(38)13-22-16-35-36-17-22/h1-12,14-17,39H,13,18-19H2,(H,35,36). The minimum Gasteiger partial charge on any atom is -0.506 e. The van der Waals surface area contributed by atoms with E-state index in [-0.39, 0.29) is 30.1 Å². The van der Waals surface area contributed by atoms with E-state index in [2.05, 4.69) is 10.2 Å². The number of aromatic nitrogens is 2. The summed E-state index contributed by atoms with van der Waals surface area (Å²) in [6.07, 6.45) is 2.86. The van der Waals surface area contributed by atoms with Gasteiger partial charge in [0.1, 0.15) is 16.5 Å². The van der Waals surface area contributed by atoms with Crippen LogP contribution in [0.5, 0.6) is 5.75 Å². The van der Waals surface area contributed by atoms with E-state index < -0.39 is 32.3 Å². The largest absolute Gasteiger partial charge is 0.506 e. The second-order valence-corrected chi connectivity index (χ2v) is 12.4. The molecule has 0 amide bonds. The number of halogens is 3. The van der Waals surface area contributed by atoms with Crippen molar-refractivity contribution in [2.45, 2.75) is 24.4 Å². The van der Waals surface area contributed by atoms with Gasteiger partial charge in [-0.05, 0) is 70.3 Å². The summed E-state index contributed by atoms with van der Waals surface area (Å²) in [6, 6.07) is 22.4. The van der Waals surface area contributed by atoms with E-state index in [1.165, 1.54) is 42.7 Å². The van der Waals surface area contributed by atoms with Gasteiger partial charge in [-0.25, -0.2) is 12.8 Å². The molecule has 0 aliphatic heterocycles. The highest BCUT2D eigenvalue weighted by molar-refractivity contribution is 7.89. The first-order chi connectivity index (χ1) is 20.1. The summed E-state index contributed by atoms with van der Waals surface area (Å²) in [7, 11) is -4.44. The molecule has 42 heavy (non-hydrogen) atoms. The Labute approximate surface area is 252 Å². The Morgan fingerprint density at radius 3 is 2.26 bits per heavy atom. The van der Waals surface area contributed by atoms with Crippen LogP contribution in [0.2, 0.25) is 10.0 Å². The molecule has 0 saturated carbocycles. The van der Waals surface area contributed by atoms with Crippen molar-refractivity contribution < 1.29 is 22.7 Å². The van der Waals surface area contributed by atoms with E-state index in [0.29, 0.717) is 21.7 Å². The van der Waals surface area contributed by atoms with Crippen molar-refractivity contribution >= 4 is 39.0 Å². The molecule has 0 atom stereocenters. The van der Waals surface area contributed by atoms with Crippen LogP contribution in [0.25, 0.3) is 11.1 Å². The third-order valence-corrected chi connectivity index (χ3v) is 8.89. The van der Waals surface area contributed by atoms with E-state index in [1.807, 2.05) is 30.3 Å². The number of nitrogens with zero attached hydrogens (tertiary/aromatic N) is 2. The molecule has 4 aromatic carbocycles. The number of aromatic amines is 1. The van der Waals surface area contributed by atoms with Gasteiger partial charge in [-0.15, -0.1) is 0 Å². The van der Waals surface area contributed by atoms with Gasteiger partial charge in [0.15, 0.2) is 5.78 Å². The van der Waals surface area contributed by atoms with E-state index >= 15 is 0 Å². The third kappa shape index (κ3) is 6.71. The molecule has 7 nitrogen and oxygen atoms in total. The van der Waals surface area contributed by atoms with Crippen LogP contribution in [-0.4, -0.2) is 33.8 Å². The normalized spacial score (nSPS) is 11.6. The lowest BCUT2D eigenvalue weighted by Crippen LogP contribution is -2.30. The highest BCUT2D eigenvalue weighted by Gasteiger charge is 2.31.